The lowest BCUT2D eigenvalue weighted by Crippen LogP contribution is -2.30. The molecule has 0 radical (unpaired) electrons. The normalized spacial score (nSPS) is 12.8. The third-order valence-electron chi connectivity index (χ3n) is 4.47. The molecule has 162 valence electrons. The maximum Gasteiger partial charge on any atom is 0.333 e. The number of carboxylic acid groups (broad SMARTS) is 1. The average molecular weight is 434 g/mol. The second-order valence-electron chi connectivity index (χ2n) is 6.95. The number of halogens is 1. The van der Waals surface area contributed by atoms with Crippen LogP contribution in [-0.2, 0) is 27.2 Å². The summed E-state index contributed by atoms with van der Waals surface area (Å²) in [6.07, 6.45) is 0.0190. The highest BCUT2D eigenvalue weighted by molar-refractivity contribution is 6.31. The molecule has 0 aliphatic heterocycles. The molecule has 2 N–H and O–H groups in total. The van der Waals surface area contributed by atoms with Gasteiger partial charge in [-0.05, 0) is 49.6 Å². The molecular weight excluding hydrogens is 406 g/mol. The molecule has 0 heterocycles. The number of carboxylic acids is 1. The van der Waals surface area contributed by atoms with Crippen molar-refractivity contribution >= 4 is 23.5 Å². The van der Waals surface area contributed by atoms with Gasteiger partial charge in [-0.1, -0.05) is 41.9 Å². The molecule has 7 heteroatoms. The third kappa shape index (κ3) is 8.05. The second-order valence-corrected chi connectivity index (χ2v) is 7.36. The van der Waals surface area contributed by atoms with E-state index in [9.17, 15) is 9.59 Å². The molecule has 0 aliphatic rings. The van der Waals surface area contributed by atoms with E-state index in [-0.39, 0.29) is 24.9 Å². The Balaban J connectivity index is 1.75. The Bertz CT molecular complexity index is 825. The molecule has 1 amide bonds. The Hall–Kier alpha value is -2.57. The summed E-state index contributed by atoms with van der Waals surface area (Å²) < 4.78 is 11.0. The minimum atomic E-state index is -0.980. The largest absolute Gasteiger partial charge is 0.490 e. The van der Waals surface area contributed by atoms with Crippen LogP contribution in [0.25, 0.3) is 0 Å². The zero-order valence-corrected chi connectivity index (χ0v) is 18.0. The Morgan fingerprint density at radius 3 is 2.47 bits per heavy atom. The maximum absolute atomic E-state index is 12.1. The summed E-state index contributed by atoms with van der Waals surface area (Å²) >= 11 is 6.12. The minimum absolute atomic E-state index is 0.0906. The summed E-state index contributed by atoms with van der Waals surface area (Å²) in [6, 6.07) is 14.7. The van der Waals surface area contributed by atoms with Crippen molar-refractivity contribution in [2.75, 3.05) is 13.2 Å². The molecule has 2 rings (SSSR count). The molecule has 0 aromatic heterocycles. The molecule has 0 fully saturated rings. The monoisotopic (exact) mass is 433 g/mol. The SMILES string of the molecule is CCO[C@@H](Cc1ccc(OC(C)CC(=O)NCCc2ccccc2Cl)cc1)C(=O)O. The van der Waals surface area contributed by atoms with E-state index in [4.69, 9.17) is 26.2 Å². The fraction of sp³-hybridized carbons (Fsp3) is 0.391. The lowest BCUT2D eigenvalue weighted by molar-refractivity contribution is -0.150. The van der Waals surface area contributed by atoms with Gasteiger partial charge in [0.15, 0.2) is 6.10 Å². The highest BCUT2D eigenvalue weighted by Gasteiger charge is 2.18. The summed E-state index contributed by atoms with van der Waals surface area (Å²) in [5.74, 6) is -0.447. The average Bonchev–Trinajstić information content (AvgIpc) is 2.70. The van der Waals surface area contributed by atoms with Crippen LogP contribution in [0.3, 0.4) is 0 Å². The van der Waals surface area contributed by atoms with Gasteiger partial charge in [0.1, 0.15) is 11.9 Å². The maximum atomic E-state index is 12.1. The second kappa shape index (κ2) is 12.2. The van der Waals surface area contributed by atoms with Gasteiger partial charge in [-0.2, -0.15) is 0 Å². The highest BCUT2D eigenvalue weighted by atomic mass is 35.5. The fourth-order valence-electron chi connectivity index (χ4n) is 2.98. The van der Waals surface area contributed by atoms with Crippen molar-refractivity contribution in [3.05, 3.63) is 64.7 Å². The molecule has 30 heavy (non-hydrogen) atoms. The first-order valence-corrected chi connectivity index (χ1v) is 10.4. The van der Waals surface area contributed by atoms with Crippen molar-refractivity contribution in [2.45, 2.75) is 45.3 Å². The molecule has 6 nitrogen and oxygen atoms in total. The number of ether oxygens (including phenoxy) is 2. The third-order valence-corrected chi connectivity index (χ3v) is 4.84. The summed E-state index contributed by atoms with van der Waals surface area (Å²) in [6.45, 7) is 4.45. The summed E-state index contributed by atoms with van der Waals surface area (Å²) in [7, 11) is 0. The first-order valence-electron chi connectivity index (χ1n) is 9.99. The molecule has 0 spiro atoms. The van der Waals surface area contributed by atoms with Gasteiger partial charge in [-0.15, -0.1) is 0 Å². The van der Waals surface area contributed by atoms with Gasteiger partial charge in [-0.3, -0.25) is 4.79 Å². The van der Waals surface area contributed by atoms with Gasteiger partial charge in [0.05, 0.1) is 6.42 Å². The van der Waals surface area contributed by atoms with Crippen molar-refractivity contribution in [1.29, 1.82) is 0 Å². The van der Waals surface area contributed by atoms with Gasteiger partial charge < -0.3 is 19.9 Å². The first kappa shape index (κ1) is 23.7. The number of benzene rings is 2. The van der Waals surface area contributed by atoms with Crippen molar-refractivity contribution in [3.63, 3.8) is 0 Å². The lowest BCUT2D eigenvalue weighted by atomic mass is 10.1. The summed E-state index contributed by atoms with van der Waals surface area (Å²) in [5, 5.41) is 12.7. The van der Waals surface area contributed by atoms with Crippen molar-refractivity contribution < 1.29 is 24.2 Å². The number of aliphatic carboxylic acids is 1. The van der Waals surface area contributed by atoms with E-state index in [1.807, 2.05) is 31.2 Å². The Morgan fingerprint density at radius 1 is 1.13 bits per heavy atom. The van der Waals surface area contributed by atoms with Crippen molar-refractivity contribution in [1.82, 2.24) is 5.32 Å². The van der Waals surface area contributed by atoms with Crippen LogP contribution in [0.4, 0.5) is 0 Å². The molecule has 2 aromatic carbocycles. The zero-order valence-electron chi connectivity index (χ0n) is 17.3. The fourth-order valence-corrected chi connectivity index (χ4v) is 3.21. The predicted octanol–water partition coefficient (Wildman–Crippen LogP) is 3.89. The lowest BCUT2D eigenvalue weighted by Gasteiger charge is -2.16. The summed E-state index contributed by atoms with van der Waals surface area (Å²) in [5.41, 5.74) is 1.84. The Kier molecular flexibility index (Phi) is 9.64. The van der Waals surface area contributed by atoms with Crippen LogP contribution in [0, 0.1) is 0 Å². The molecule has 0 bridgehead atoms. The number of nitrogens with one attached hydrogen (secondary N) is 1. The number of carbonyl (C=O) groups is 2. The van der Waals surface area contributed by atoms with E-state index in [1.165, 1.54) is 0 Å². The number of hydrogen-bond acceptors (Lipinski definition) is 4. The number of hydrogen-bond donors (Lipinski definition) is 2. The first-order chi connectivity index (χ1) is 14.4. The van der Waals surface area contributed by atoms with Crippen LogP contribution in [0.2, 0.25) is 5.02 Å². The molecule has 2 aromatic rings. The van der Waals surface area contributed by atoms with Crippen LogP contribution in [0.1, 0.15) is 31.4 Å². The van der Waals surface area contributed by atoms with Gasteiger partial charge in [0.25, 0.3) is 0 Å². The minimum Gasteiger partial charge on any atom is -0.490 e. The van der Waals surface area contributed by atoms with E-state index in [0.29, 0.717) is 30.3 Å². The Labute approximate surface area is 182 Å². The number of amides is 1. The zero-order chi connectivity index (χ0) is 21.9. The van der Waals surface area contributed by atoms with E-state index < -0.39 is 12.1 Å². The van der Waals surface area contributed by atoms with Crippen LogP contribution < -0.4 is 10.1 Å². The molecule has 1 unspecified atom stereocenters. The van der Waals surface area contributed by atoms with Crippen LogP contribution in [0.5, 0.6) is 5.75 Å². The van der Waals surface area contributed by atoms with Gasteiger partial charge in [0, 0.05) is 24.6 Å². The van der Waals surface area contributed by atoms with Crippen LogP contribution in [0.15, 0.2) is 48.5 Å². The quantitative estimate of drug-likeness (QED) is 0.530. The van der Waals surface area contributed by atoms with Gasteiger partial charge in [-0.25, -0.2) is 4.79 Å². The molecule has 0 saturated carbocycles. The predicted molar refractivity (Wildman–Crippen MR) is 116 cm³/mol. The van der Waals surface area contributed by atoms with Crippen molar-refractivity contribution in [3.8, 4) is 5.75 Å². The van der Waals surface area contributed by atoms with Crippen LogP contribution in [-0.4, -0.2) is 42.3 Å². The topological polar surface area (TPSA) is 84.9 Å². The number of rotatable bonds is 12. The Morgan fingerprint density at radius 2 is 1.83 bits per heavy atom. The van der Waals surface area contributed by atoms with Gasteiger partial charge >= 0.3 is 5.97 Å². The van der Waals surface area contributed by atoms with Crippen molar-refractivity contribution in [2.24, 2.45) is 0 Å². The molecular formula is C23H28ClNO5. The van der Waals surface area contributed by atoms with E-state index in [0.717, 1.165) is 11.1 Å². The van der Waals surface area contributed by atoms with E-state index in [1.54, 1.807) is 31.2 Å². The molecule has 0 saturated heterocycles. The smallest absolute Gasteiger partial charge is 0.333 e. The standard InChI is InChI=1S/C23H28ClNO5/c1-3-29-21(23(27)28)15-17-8-10-19(11-9-17)30-16(2)14-22(26)25-13-12-18-6-4-5-7-20(18)24/h4-11,16,21H,3,12-15H2,1-2H3,(H,25,26)(H,27,28)/t16?,21-/m0/s1. The van der Waals surface area contributed by atoms with Gasteiger partial charge in [0.2, 0.25) is 5.91 Å². The molecule has 0 aliphatic carbocycles. The summed E-state index contributed by atoms with van der Waals surface area (Å²) in [4.78, 5) is 23.3. The van der Waals surface area contributed by atoms with E-state index in [2.05, 4.69) is 5.32 Å². The van der Waals surface area contributed by atoms with E-state index >= 15 is 0 Å². The highest BCUT2D eigenvalue weighted by Crippen LogP contribution is 2.17. The number of carbonyl (C=O) groups excluding carboxylic acids is 1. The van der Waals surface area contributed by atoms with Crippen LogP contribution >= 0.6 is 11.6 Å². The molecule has 2 atom stereocenters.